The zero-order valence-electron chi connectivity index (χ0n) is 9.41. The predicted octanol–water partition coefficient (Wildman–Crippen LogP) is 3.55. The average Bonchev–Trinajstić information content (AvgIpc) is 2.26. The van der Waals surface area contributed by atoms with Crippen LogP contribution < -0.4 is 0 Å². The van der Waals surface area contributed by atoms with E-state index in [9.17, 15) is 4.79 Å². The van der Waals surface area contributed by atoms with Crippen LogP contribution in [-0.2, 0) is 4.74 Å². The molecule has 0 unspecified atom stereocenters. The number of benzene rings is 1. The molecule has 0 amide bonds. The maximum atomic E-state index is 11.7. The summed E-state index contributed by atoms with van der Waals surface area (Å²) in [6.07, 6.45) is 0.737. The third kappa shape index (κ3) is 3.24. The SMILES string of the molecule is CCC(OC(=O)c1ccccc1)=C(C)C. The van der Waals surface area contributed by atoms with Gasteiger partial charge in [-0.05, 0) is 31.6 Å². The molecule has 1 aromatic rings. The number of carbonyl (C=O) groups excluding carboxylic acids is 1. The molecule has 0 heterocycles. The van der Waals surface area contributed by atoms with Gasteiger partial charge in [-0.15, -0.1) is 0 Å². The quantitative estimate of drug-likeness (QED) is 0.556. The van der Waals surface area contributed by atoms with Crippen LogP contribution >= 0.6 is 0 Å². The van der Waals surface area contributed by atoms with Gasteiger partial charge < -0.3 is 4.74 Å². The van der Waals surface area contributed by atoms with Crippen molar-refractivity contribution < 1.29 is 9.53 Å². The van der Waals surface area contributed by atoms with E-state index in [1.165, 1.54) is 0 Å². The Kier molecular flexibility index (Phi) is 4.10. The van der Waals surface area contributed by atoms with Crippen LogP contribution in [0.15, 0.2) is 41.7 Å². The minimum atomic E-state index is -0.284. The molecule has 80 valence electrons. The number of carbonyl (C=O) groups is 1. The molecule has 1 rings (SSSR count). The molecular formula is C13H16O2. The van der Waals surface area contributed by atoms with Crippen molar-refractivity contribution in [2.75, 3.05) is 0 Å². The molecule has 0 atom stereocenters. The molecule has 0 radical (unpaired) electrons. The summed E-state index contributed by atoms with van der Waals surface area (Å²) in [4.78, 5) is 11.7. The summed E-state index contributed by atoms with van der Waals surface area (Å²) < 4.78 is 5.29. The van der Waals surface area contributed by atoms with Crippen molar-refractivity contribution in [3.63, 3.8) is 0 Å². The minimum Gasteiger partial charge on any atom is -0.428 e. The van der Waals surface area contributed by atoms with Gasteiger partial charge in [-0.3, -0.25) is 0 Å². The highest BCUT2D eigenvalue weighted by Crippen LogP contribution is 2.12. The summed E-state index contributed by atoms with van der Waals surface area (Å²) in [7, 11) is 0. The van der Waals surface area contributed by atoms with Crippen molar-refractivity contribution in [2.24, 2.45) is 0 Å². The van der Waals surface area contributed by atoms with Gasteiger partial charge in [0, 0.05) is 6.42 Å². The molecule has 0 aliphatic heterocycles. The third-order valence-electron chi connectivity index (χ3n) is 2.10. The fourth-order valence-electron chi connectivity index (χ4n) is 1.27. The topological polar surface area (TPSA) is 26.3 Å². The maximum Gasteiger partial charge on any atom is 0.343 e. The molecule has 0 spiro atoms. The Morgan fingerprint density at radius 2 is 1.80 bits per heavy atom. The Morgan fingerprint density at radius 1 is 1.20 bits per heavy atom. The highest BCUT2D eigenvalue weighted by Gasteiger charge is 2.09. The van der Waals surface area contributed by atoms with Crippen LogP contribution in [0, 0.1) is 0 Å². The molecule has 0 saturated carbocycles. The summed E-state index contributed by atoms with van der Waals surface area (Å²) in [5.41, 5.74) is 1.63. The van der Waals surface area contributed by atoms with Gasteiger partial charge in [0.1, 0.15) is 5.76 Å². The van der Waals surface area contributed by atoms with Crippen LogP contribution in [0.3, 0.4) is 0 Å². The van der Waals surface area contributed by atoms with Gasteiger partial charge in [-0.1, -0.05) is 25.1 Å². The van der Waals surface area contributed by atoms with E-state index >= 15 is 0 Å². The number of esters is 1. The van der Waals surface area contributed by atoms with Crippen LogP contribution in [-0.4, -0.2) is 5.97 Å². The van der Waals surface area contributed by atoms with Crippen LogP contribution in [0.2, 0.25) is 0 Å². The van der Waals surface area contributed by atoms with Gasteiger partial charge in [0.05, 0.1) is 5.56 Å². The lowest BCUT2D eigenvalue weighted by atomic mass is 10.2. The zero-order chi connectivity index (χ0) is 11.3. The first-order valence-corrected chi connectivity index (χ1v) is 5.08. The lowest BCUT2D eigenvalue weighted by Gasteiger charge is -2.08. The summed E-state index contributed by atoms with van der Waals surface area (Å²) in [5.74, 6) is 0.470. The van der Waals surface area contributed by atoms with Gasteiger partial charge in [-0.25, -0.2) is 4.79 Å². The summed E-state index contributed by atoms with van der Waals surface area (Å²) in [6.45, 7) is 5.86. The number of ether oxygens (including phenoxy) is 1. The first-order valence-electron chi connectivity index (χ1n) is 5.08. The Balaban J connectivity index is 2.77. The molecular weight excluding hydrogens is 188 g/mol. The van der Waals surface area contributed by atoms with Gasteiger partial charge in [-0.2, -0.15) is 0 Å². The molecule has 0 aliphatic carbocycles. The molecule has 0 aliphatic rings. The summed E-state index contributed by atoms with van der Waals surface area (Å²) >= 11 is 0. The lowest BCUT2D eigenvalue weighted by molar-refractivity contribution is 0.0612. The van der Waals surface area contributed by atoms with Crippen molar-refractivity contribution in [3.8, 4) is 0 Å². The smallest absolute Gasteiger partial charge is 0.343 e. The van der Waals surface area contributed by atoms with E-state index in [0.717, 1.165) is 17.8 Å². The Labute approximate surface area is 90.6 Å². The van der Waals surface area contributed by atoms with E-state index in [4.69, 9.17) is 4.74 Å². The molecule has 0 bridgehead atoms. The van der Waals surface area contributed by atoms with Crippen LogP contribution in [0.1, 0.15) is 37.6 Å². The van der Waals surface area contributed by atoms with E-state index < -0.39 is 0 Å². The van der Waals surface area contributed by atoms with Crippen molar-refractivity contribution in [2.45, 2.75) is 27.2 Å². The number of hydrogen-bond donors (Lipinski definition) is 0. The molecule has 15 heavy (non-hydrogen) atoms. The standard InChI is InChI=1S/C13H16O2/c1-4-12(10(2)3)15-13(14)11-8-6-5-7-9-11/h5-9H,4H2,1-3H3. The van der Waals surface area contributed by atoms with Crippen LogP contribution in [0.4, 0.5) is 0 Å². The molecule has 0 fully saturated rings. The van der Waals surface area contributed by atoms with E-state index in [-0.39, 0.29) is 5.97 Å². The number of hydrogen-bond acceptors (Lipinski definition) is 2. The van der Waals surface area contributed by atoms with E-state index in [0.29, 0.717) is 5.56 Å². The molecule has 0 N–H and O–H groups in total. The first kappa shape index (κ1) is 11.5. The monoisotopic (exact) mass is 204 g/mol. The second-order valence-electron chi connectivity index (χ2n) is 3.53. The van der Waals surface area contributed by atoms with Crippen LogP contribution in [0.5, 0.6) is 0 Å². The fraction of sp³-hybridized carbons (Fsp3) is 0.308. The van der Waals surface area contributed by atoms with Gasteiger partial charge in [0.2, 0.25) is 0 Å². The summed E-state index contributed by atoms with van der Waals surface area (Å²) in [5, 5.41) is 0. The van der Waals surface area contributed by atoms with Crippen LogP contribution in [0.25, 0.3) is 0 Å². The second-order valence-corrected chi connectivity index (χ2v) is 3.53. The highest BCUT2D eigenvalue weighted by atomic mass is 16.5. The maximum absolute atomic E-state index is 11.7. The molecule has 0 aromatic heterocycles. The van der Waals surface area contributed by atoms with Gasteiger partial charge in [0.15, 0.2) is 0 Å². The van der Waals surface area contributed by atoms with E-state index in [1.54, 1.807) is 12.1 Å². The van der Waals surface area contributed by atoms with Crippen molar-refractivity contribution in [1.82, 2.24) is 0 Å². The molecule has 0 saturated heterocycles. The average molecular weight is 204 g/mol. The Morgan fingerprint density at radius 3 is 2.27 bits per heavy atom. The molecule has 2 nitrogen and oxygen atoms in total. The van der Waals surface area contributed by atoms with E-state index in [2.05, 4.69) is 0 Å². The van der Waals surface area contributed by atoms with Crippen molar-refractivity contribution in [1.29, 1.82) is 0 Å². The molecule has 2 heteroatoms. The number of rotatable bonds is 3. The Hall–Kier alpha value is -1.57. The lowest BCUT2D eigenvalue weighted by Crippen LogP contribution is -2.05. The predicted molar refractivity (Wildman–Crippen MR) is 60.5 cm³/mol. The van der Waals surface area contributed by atoms with Crippen molar-refractivity contribution in [3.05, 3.63) is 47.2 Å². The first-order chi connectivity index (χ1) is 7.15. The van der Waals surface area contributed by atoms with Gasteiger partial charge in [0.25, 0.3) is 0 Å². The second kappa shape index (κ2) is 5.35. The normalized spacial score (nSPS) is 9.53. The van der Waals surface area contributed by atoms with Crippen molar-refractivity contribution >= 4 is 5.97 Å². The Bertz CT molecular complexity index is 359. The highest BCUT2D eigenvalue weighted by molar-refractivity contribution is 5.90. The third-order valence-corrected chi connectivity index (χ3v) is 2.10. The molecule has 1 aromatic carbocycles. The largest absolute Gasteiger partial charge is 0.428 e. The number of allylic oxidation sites excluding steroid dienone is 2. The van der Waals surface area contributed by atoms with Gasteiger partial charge >= 0.3 is 5.97 Å². The minimum absolute atomic E-state index is 0.284. The fourth-order valence-corrected chi connectivity index (χ4v) is 1.27. The zero-order valence-corrected chi connectivity index (χ0v) is 9.41. The summed E-state index contributed by atoms with van der Waals surface area (Å²) in [6, 6.07) is 9.02. The van der Waals surface area contributed by atoms with E-state index in [1.807, 2.05) is 39.0 Å².